The van der Waals surface area contributed by atoms with Crippen LogP contribution in [0.5, 0.6) is 0 Å². The third kappa shape index (κ3) is 3.00. The lowest BCUT2D eigenvalue weighted by Crippen LogP contribution is -2.33. The van der Waals surface area contributed by atoms with E-state index >= 15 is 0 Å². The Hall–Kier alpha value is -1.09. The lowest BCUT2D eigenvalue weighted by molar-refractivity contribution is -0.141. The highest BCUT2D eigenvalue weighted by atomic mass is 16.4. The molecule has 3 nitrogen and oxygen atoms in total. The first kappa shape index (κ1) is 11.0. The Bertz CT molecular complexity index is 268. The van der Waals surface area contributed by atoms with E-state index in [-0.39, 0.29) is 6.04 Å². The number of aliphatic carboxylic acids is 1. The number of carboxylic acid groups (broad SMARTS) is 1. The largest absolute Gasteiger partial charge is 0.481 e. The molecule has 0 spiro atoms. The average Bonchev–Trinajstić information content (AvgIpc) is 2.18. The molecule has 0 fully saturated rings. The van der Waals surface area contributed by atoms with Crippen molar-refractivity contribution in [2.75, 3.05) is 0 Å². The molecule has 0 heterocycles. The predicted octanol–water partition coefficient (Wildman–Crippen LogP) is 1.70. The van der Waals surface area contributed by atoms with Crippen molar-refractivity contribution in [2.24, 2.45) is 11.7 Å². The molecule has 0 aliphatic heterocycles. The second-order valence-corrected chi connectivity index (χ2v) is 3.79. The molecule has 14 heavy (non-hydrogen) atoms. The first-order chi connectivity index (χ1) is 6.61. The summed E-state index contributed by atoms with van der Waals surface area (Å²) in [5.41, 5.74) is 7.06. The minimum Gasteiger partial charge on any atom is -0.481 e. The fourth-order valence-corrected chi connectivity index (χ4v) is 1.49. The molecule has 0 aromatic carbocycles. The van der Waals surface area contributed by atoms with Crippen LogP contribution < -0.4 is 5.73 Å². The summed E-state index contributed by atoms with van der Waals surface area (Å²) in [5.74, 6) is -1.29. The first-order valence-corrected chi connectivity index (χ1v) is 4.94. The number of nitrogens with two attached hydrogens (primary N) is 1. The molecule has 0 unspecified atom stereocenters. The van der Waals surface area contributed by atoms with E-state index in [1.54, 1.807) is 6.92 Å². The number of hydrogen-bond donors (Lipinski definition) is 2. The maximum absolute atomic E-state index is 10.7. The van der Waals surface area contributed by atoms with Gasteiger partial charge in [-0.3, -0.25) is 4.79 Å². The van der Waals surface area contributed by atoms with Gasteiger partial charge in [0.2, 0.25) is 0 Å². The third-order valence-electron chi connectivity index (χ3n) is 2.63. The number of hydrogen-bond acceptors (Lipinski definition) is 2. The Morgan fingerprint density at radius 3 is 2.93 bits per heavy atom. The van der Waals surface area contributed by atoms with Crippen molar-refractivity contribution in [2.45, 2.75) is 32.2 Å². The molecule has 0 aromatic rings. The van der Waals surface area contributed by atoms with Crippen LogP contribution in [0.3, 0.4) is 0 Å². The van der Waals surface area contributed by atoms with Crippen molar-refractivity contribution < 1.29 is 9.90 Å². The number of carboxylic acids is 1. The third-order valence-corrected chi connectivity index (χ3v) is 2.63. The van der Waals surface area contributed by atoms with E-state index in [0.29, 0.717) is 6.42 Å². The standard InChI is InChI=1S/C11H17NO2/c1-8(11(13)14)10(12)7-9-5-3-2-4-6-9/h2-3,5,8,10H,4,6-7,12H2,1H3,(H,13,14)/t8-,10-/m0/s1. The van der Waals surface area contributed by atoms with E-state index in [2.05, 4.69) is 6.08 Å². The quantitative estimate of drug-likeness (QED) is 0.717. The molecule has 0 radical (unpaired) electrons. The molecule has 3 heteroatoms. The van der Waals surface area contributed by atoms with Gasteiger partial charge in [-0.15, -0.1) is 0 Å². The van der Waals surface area contributed by atoms with Crippen LogP contribution in [0.1, 0.15) is 26.2 Å². The van der Waals surface area contributed by atoms with Gasteiger partial charge in [0.25, 0.3) is 0 Å². The predicted molar refractivity (Wildman–Crippen MR) is 55.8 cm³/mol. The number of rotatable bonds is 4. The summed E-state index contributed by atoms with van der Waals surface area (Å²) in [7, 11) is 0. The van der Waals surface area contributed by atoms with Crippen molar-refractivity contribution in [1.29, 1.82) is 0 Å². The molecule has 0 amide bonds. The molecule has 0 aromatic heterocycles. The van der Waals surface area contributed by atoms with Gasteiger partial charge in [-0.1, -0.05) is 30.7 Å². The molecule has 1 rings (SSSR count). The normalized spacial score (nSPS) is 20.0. The zero-order valence-electron chi connectivity index (χ0n) is 8.44. The molecular weight excluding hydrogens is 178 g/mol. The van der Waals surface area contributed by atoms with Crippen LogP contribution in [0.2, 0.25) is 0 Å². The van der Waals surface area contributed by atoms with Gasteiger partial charge in [0.1, 0.15) is 0 Å². The van der Waals surface area contributed by atoms with Gasteiger partial charge in [-0.25, -0.2) is 0 Å². The minimum absolute atomic E-state index is 0.273. The lowest BCUT2D eigenvalue weighted by atomic mass is 9.92. The fraction of sp³-hybridized carbons (Fsp3) is 0.545. The topological polar surface area (TPSA) is 63.3 Å². The molecule has 78 valence electrons. The number of allylic oxidation sites excluding steroid dienone is 3. The molecule has 1 aliphatic carbocycles. The monoisotopic (exact) mass is 195 g/mol. The average molecular weight is 195 g/mol. The molecule has 0 saturated carbocycles. The van der Waals surface area contributed by atoms with Crippen molar-refractivity contribution in [3.63, 3.8) is 0 Å². The van der Waals surface area contributed by atoms with Gasteiger partial charge in [-0.2, -0.15) is 0 Å². The Kier molecular flexibility index (Phi) is 3.89. The maximum Gasteiger partial charge on any atom is 0.307 e. The van der Waals surface area contributed by atoms with E-state index in [1.807, 2.05) is 12.2 Å². The second-order valence-electron chi connectivity index (χ2n) is 3.79. The second kappa shape index (κ2) is 4.96. The van der Waals surface area contributed by atoms with Crippen molar-refractivity contribution in [3.8, 4) is 0 Å². The SMILES string of the molecule is C[C@H](C(=O)O)[C@@H](N)CC1=CC=CCC1. The molecular formula is C11H17NO2. The van der Waals surface area contributed by atoms with Crippen LogP contribution >= 0.6 is 0 Å². The Morgan fingerprint density at radius 2 is 2.43 bits per heavy atom. The highest BCUT2D eigenvalue weighted by molar-refractivity contribution is 5.70. The van der Waals surface area contributed by atoms with Crippen LogP contribution in [0.15, 0.2) is 23.8 Å². The molecule has 0 bridgehead atoms. The van der Waals surface area contributed by atoms with Gasteiger partial charge >= 0.3 is 5.97 Å². The highest BCUT2D eigenvalue weighted by Gasteiger charge is 2.20. The smallest absolute Gasteiger partial charge is 0.307 e. The summed E-state index contributed by atoms with van der Waals surface area (Å²) in [5, 5.41) is 8.77. The van der Waals surface area contributed by atoms with Crippen molar-refractivity contribution in [1.82, 2.24) is 0 Å². The van der Waals surface area contributed by atoms with Gasteiger partial charge < -0.3 is 10.8 Å². The summed E-state index contributed by atoms with van der Waals surface area (Å²) in [6.45, 7) is 1.66. The van der Waals surface area contributed by atoms with Crippen molar-refractivity contribution in [3.05, 3.63) is 23.8 Å². The van der Waals surface area contributed by atoms with Crippen LogP contribution in [-0.2, 0) is 4.79 Å². The molecule has 3 N–H and O–H groups in total. The molecule has 1 aliphatic rings. The van der Waals surface area contributed by atoms with Crippen molar-refractivity contribution >= 4 is 5.97 Å². The van der Waals surface area contributed by atoms with E-state index in [0.717, 1.165) is 12.8 Å². The van der Waals surface area contributed by atoms with E-state index in [1.165, 1.54) is 5.57 Å². The van der Waals surface area contributed by atoms with Crippen LogP contribution in [0, 0.1) is 5.92 Å². The van der Waals surface area contributed by atoms with E-state index < -0.39 is 11.9 Å². The van der Waals surface area contributed by atoms with Crippen LogP contribution in [0.25, 0.3) is 0 Å². The van der Waals surface area contributed by atoms with E-state index in [9.17, 15) is 4.79 Å². The molecule has 2 atom stereocenters. The maximum atomic E-state index is 10.7. The Labute approximate surface area is 84.3 Å². The lowest BCUT2D eigenvalue weighted by Gasteiger charge is -2.18. The summed E-state index contributed by atoms with van der Waals surface area (Å²) < 4.78 is 0. The van der Waals surface area contributed by atoms with Gasteiger partial charge in [0.05, 0.1) is 5.92 Å². The first-order valence-electron chi connectivity index (χ1n) is 4.94. The summed E-state index contributed by atoms with van der Waals surface area (Å²) >= 11 is 0. The zero-order valence-corrected chi connectivity index (χ0v) is 8.44. The Morgan fingerprint density at radius 1 is 1.71 bits per heavy atom. The van der Waals surface area contributed by atoms with Gasteiger partial charge in [-0.05, 0) is 19.3 Å². The summed E-state index contributed by atoms with van der Waals surface area (Å²) in [4.78, 5) is 10.7. The van der Waals surface area contributed by atoms with Gasteiger partial charge in [0, 0.05) is 6.04 Å². The Balaban J connectivity index is 2.47. The molecule has 0 saturated heterocycles. The fourth-order valence-electron chi connectivity index (χ4n) is 1.49. The minimum atomic E-state index is -0.815. The highest BCUT2D eigenvalue weighted by Crippen LogP contribution is 2.19. The van der Waals surface area contributed by atoms with Gasteiger partial charge in [0.15, 0.2) is 0 Å². The van der Waals surface area contributed by atoms with Crippen LogP contribution in [0.4, 0.5) is 0 Å². The van der Waals surface area contributed by atoms with E-state index in [4.69, 9.17) is 10.8 Å². The summed E-state index contributed by atoms with van der Waals surface area (Å²) in [6.07, 6.45) is 8.90. The van der Waals surface area contributed by atoms with Crippen LogP contribution in [-0.4, -0.2) is 17.1 Å². The zero-order chi connectivity index (χ0) is 10.6. The number of carbonyl (C=O) groups is 1. The summed E-state index contributed by atoms with van der Waals surface area (Å²) in [6, 6.07) is -0.273.